The number of hydrogen-bond donors (Lipinski definition) is 4. The highest BCUT2D eigenvalue weighted by molar-refractivity contribution is 6.01. The third-order valence-electron chi connectivity index (χ3n) is 6.54. The number of aromatic nitrogens is 3. The molecule has 0 aliphatic carbocycles. The van der Waals surface area contributed by atoms with E-state index in [1.165, 1.54) is 23.3 Å². The fourth-order valence-electron chi connectivity index (χ4n) is 4.74. The molecule has 0 fully saturated rings. The molecule has 1 aliphatic rings. The van der Waals surface area contributed by atoms with Crippen molar-refractivity contribution in [3.8, 4) is 0 Å². The molecule has 1 aliphatic heterocycles. The van der Waals surface area contributed by atoms with Crippen molar-refractivity contribution in [3.05, 3.63) is 77.2 Å². The van der Waals surface area contributed by atoms with Gasteiger partial charge in [0.1, 0.15) is 17.3 Å². The Kier molecular flexibility index (Phi) is 6.87. The first-order valence-corrected chi connectivity index (χ1v) is 12.4. The first-order chi connectivity index (χ1) is 17.9. The van der Waals surface area contributed by atoms with Crippen LogP contribution in [0.15, 0.2) is 54.7 Å². The highest BCUT2D eigenvalue weighted by Gasteiger charge is 2.18. The maximum Gasteiger partial charge on any atom is 0.253 e. The zero-order chi connectivity index (χ0) is 25.9. The number of fused-ring (bicyclic) bond motifs is 1. The number of carbonyl (C=O) groups is 1. The van der Waals surface area contributed by atoms with E-state index in [1.807, 2.05) is 12.1 Å². The minimum absolute atomic E-state index is 0.222. The number of primary amides is 1. The third-order valence-corrected chi connectivity index (χ3v) is 6.54. The quantitative estimate of drug-likeness (QED) is 0.255. The van der Waals surface area contributed by atoms with Crippen molar-refractivity contribution in [1.82, 2.24) is 19.9 Å². The van der Waals surface area contributed by atoms with Crippen LogP contribution in [0.25, 0.3) is 16.6 Å². The Morgan fingerprint density at radius 1 is 1.16 bits per heavy atom. The molecule has 0 bridgehead atoms. The van der Waals surface area contributed by atoms with Gasteiger partial charge in [-0.25, -0.2) is 4.39 Å². The minimum atomic E-state index is -0.861. The van der Waals surface area contributed by atoms with Crippen molar-refractivity contribution in [1.29, 1.82) is 0 Å². The number of benzene rings is 2. The number of nitrogens with one attached hydrogen (secondary N) is 3. The predicted octanol–water partition coefficient (Wildman–Crippen LogP) is 5.49. The summed E-state index contributed by atoms with van der Waals surface area (Å²) in [4.78, 5) is 26.7. The lowest BCUT2D eigenvalue weighted by Gasteiger charge is -2.27. The Morgan fingerprint density at radius 3 is 2.81 bits per heavy atom. The summed E-state index contributed by atoms with van der Waals surface area (Å²) in [5, 5.41) is 7.07. The molecule has 0 atom stereocenters. The molecular formula is C28H30FN7O. The molecule has 8 nitrogen and oxygen atoms in total. The maximum absolute atomic E-state index is 14.3. The second-order valence-electron chi connectivity index (χ2n) is 9.24. The average Bonchev–Trinajstić information content (AvgIpc) is 3.35. The van der Waals surface area contributed by atoms with Crippen LogP contribution in [0.1, 0.15) is 41.3 Å². The SMILES string of the molecule is CCCN1CCC=C(c2ccc(Nc3nc(Nc4cccc(F)c4C(N)=O)c4cc[nH]c4n3)c(C)c2)C1. The third kappa shape index (κ3) is 5.17. The number of carbonyl (C=O) groups excluding carboxylic acids is 1. The summed E-state index contributed by atoms with van der Waals surface area (Å²) in [6.45, 7) is 7.46. The number of anilines is 4. The average molecular weight is 500 g/mol. The molecule has 37 heavy (non-hydrogen) atoms. The van der Waals surface area contributed by atoms with Crippen molar-refractivity contribution < 1.29 is 9.18 Å². The van der Waals surface area contributed by atoms with Crippen molar-refractivity contribution >= 4 is 45.7 Å². The number of halogens is 1. The van der Waals surface area contributed by atoms with E-state index in [2.05, 4.69) is 62.5 Å². The smallest absolute Gasteiger partial charge is 0.253 e. The topological polar surface area (TPSA) is 112 Å². The van der Waals surface area contributed by atoms with Crippen LogP contribution in [-0.4, -0.2) is 45.4 Å². The lowest BCUT2D eigenvalue weighted by atomic mass is 9.98. The Labute approximate surface area is 214 Å². The van der Waals surface area contributed by atoms with E-state index in [0.29, 0.717) is 22.8 Å². The molecule has 0 radical (unpaired) electrons. The molecule has 1 amide bonds. The zero-order valence-corrected chi connectivity index (χ0v) is 20.9. The van der Waals surface area contributed by atoms with Gasteiger partial charge in [0, 0.05) is 25.0 Å². The molecule has 3 heterocycles. The van der Waals surface area contributed by atoms with Gasteiger partial charge in [0.2, 0.25) is 5.95 Å². The molecule has 5 N–H and O–H groups in total. The van der Waals surface area contributed by atoms with Gasteiger partial charge in [-0.2, -0.15) is 9.97 Å². The zero-order valence-electron chi connectivity index (χ0n) is 20.9. The van der Waals surface area contributed by atoms with E-state index >= 15 is 0 Å². The van der Waals surface area contributed by atoms with E-state index in [4.69, 9.17) is 5.73 Å². The van der Waals surface area contributed by atoms with E-state index in [9.17, 15) is 9.18 Å². The lowest BCUT2D eigenvalue weighted by molar-refractivity contribution is 0.0997. The number of nitrogens with zero attached hydrogens (tertiary/aromatic N) is 3. The second kappa shape index (κ2) is 10.4. The van der Waals surface area contributed by atoms with Gasteiger partial charge >= 0.3 is 0 Å². The van der Waals surface area contributed by atoms with Gasteiger partial charge in [-0.05, 0) is 73.3 Å². The van der Waals surface area contributed by atoms with Crippen LogP contribution in [0.2, 0.25) is 0 Å². The van der Waals surface area contributed by atoms with Crippen LogP contribution in [0.4, 0.5) is 27.5 Å². The number of nitrogens with two attached hydrogens (primary N) is 1. The first-order valence-electron chi connectivity index (χ1n) is 12.4. The molecule has 0 saturated carbocycles. The number of rotatable bonds is 8. The first kappa shape index (κ1) is 24.5. The van der Waals surface area contributed by atoms with Gasteiger partial charge < -0.3 is 21.4 Å². The summed E-state index contributed by atoms with van der Waals surface area (Å²) >= 11 is 0. The van der Waals surface area contributed by atoms with Crippen LogP contribution in [0, 0.1) is 12.7 Å². The second-order valence-corrected chi connectivity index (χ2v) is 9.24. The summed E-state index contributed by atoms with van der Waals surface area (Å²) in [7, 11) is 0. The van der Waals surface area contributed by atoms with Gasteiger partial charge in [-0.1, -0.05) is 25.1 Å². The fourth-order valence-corrected chi connectivity index (χ4v) is 4.74. The van der Waals surface area contributed by atoms with E-state index < -0.39 is 11.7 Å². The highest BCUT2D eigenvalue weighted by atomic mass is 19.1. The fraction of sp³-hybridized carbons (Fsp3) is 0.250. The van der Waals surface area contributed by atoms with Crippen molar-refractivity contribution in [2.24, 2.45) is 5.73 Å². The number of hydrogen-bond acceptors (Lipinski definition) is 6. The molecule has 9 heteroatoms. The van der Waals surface area contributed by atoms with Crippen LogP contribution >= 0.6 is 0 Å². The van der Waals surface area contributed by atoms with Crippen molar-refractivity contribution in [2.75, 3.05) is 30.3 Å². The Bertz CT molecular complexity index is 1490. The number of amides is 1. The largest absolute Gasteiger partial charge is 0.365 e. The summed E-state index contributed by atoms with van der Waals surface area (Å²) in [6.07, 6.45) is 6.30. The van der Waals surface area contributed by atoms with Gasteiger partial charge in [-0.3, -0.25) is 9.69 Å². The molecule has 0 saturated heterocycles. The number of H-pyrrole nitrogens is 1. The maximum atomic E-state index is 14.3. The Morgan fingerprint density at radius 2 is 2.03 bits per heavy atom. The lowest BCUT2D eigenvalue weighted by Crippen LogP contribution is -2.30. The Balaban J connectivity index is 1.43. The van der Waals surface area contributed by atoms with Crippen molar-refractivity contribution in [3.63, 3.8) is 0 Å². The number of aromatic amines is 1. The van der Waals surface area contributed by atoms with E-state index in [-0.39, 0.29) is 11.3 Å². The van der Waals surface area contributed by atoms with Gasteiger partial charge in [-0.15, -0.1) is 0 Å². The highest BCUT2D eigenvalue weighted by Crippen LogP contribution is 2.30. The molecule has 2 aromatic heterocycles. The minimum Gasteiger partial charge on any atom is -0.365 e. The predicted molar refractivity (Wildman–Crippen MR) is 146 cm³/mol. The molecule has 0 spiro atoms. The summed E-state index contributed by atoms with van der Waals surface area (Å²) in [5.74, 6) is -0.785. The van der Waals surface area contributed by atoms with Crippen LogP contribution in [0.5, 0.6) is 0 Å². The Hall–Kier alpha value is -4.24. The normalized spacial score (nSPS) is 14.0. The van der Waals surface area contributed by atoms with E-state index in [0.717, 1.165) is 43.7 Å². The molecule has 5 rings (SSSR count). The van der Waals surface area contributed by atoms with Crippen molar-refractivity contribution in [2.45, 2.75) is 26.7 Å². The monoisotopic (exact) mass is 499 g/mol. The standard InChI is InChI=1S/C28H30FN7O/c1-3-13-36-14-5-6-19(16-36)18-9-10-22(17(2)15-18)33-28-34-26-20(11-12-31-26)27(35-28)32-23-8-4-7-21(29)24(23)25(30)37/h4,6-12,15H,3,5,13-14,16H2,1-2H3,(H2,30,37)(H3,31,32,33,34,35). The van der Waals surface area contributed by atoms with Crippen LogP contribution in [0.3, 0.4) is 0 Å². The van der Waals surface area contributed by atoms with Gasteiger partial charge in [0.15, 0.2) is 0 Å². The van der Waals surface area contributed by atoms with E-state index in [1.54, 1.807) is 12.3 Å². The molecule has 4 aromatic rings. The summed E-state index contributed by atoms with van der Waals surface area (Å²) in [6, 6.07) is 12.4. The summed E-state index contributed by atoms with van der Waals surface area (Å²) in [5.41, 5.74) is 10.5. The number of aryl methyl sites for hydroxylation is 1. The molecule has 0 unspecified atom stereocenters. The molecule has 2 aromatic carbocycles. The van der Waals surface area contributed by atoms with Gasteiger partial charge in [0.05, 0.1) is 16.6 Å². The summed E-state index contributed by atoms with van der Waals surface area (Å²) < 4.78 is 14.3. The molecular weight excluding hydrogens is 469 g/mol. The molecule has 190 valence electrons. The van der Waals surface area contributed by atoms with Crippen LogP contribution in [-0.2, 0) is 0 Å². The van der Waals surface area contributed by atoms with Crippen LogP contribution < -0.4 is 16.4 Å². The van der Waals surface area contributed by atoms with Gasteiger partial charge in [0.25, 0.3) is 5.91 Å².